The van der Waals surface area contributed by atoms with Crippen LogP contribution in [0, 0.1) is 11.7 Å². The lowest BCUT2D eigenvalue weighted by Gasteiger charge is -2.32. The van der Waals surface area contributed by atoms with E-state index in [0.717, 1.165) is 6.20 Å². The molecule has 1 saturated carbocycles. The van der Waals surface area contributed by atoms with Gasteiger partial charge < -0.3 is 9.84 Å². The molecule has 1 aromatic carbocycles. The van der Waals surface area contributed by atoms with Crippen LogP contribution in [0.2, 0.25) is 0 Å². The molecule has 1 aliphatic carbocycles. The normalized spacial score (nSPS) is 21.9. The van der Waals surface area contributed by atoms with Crippen molar-refractivity contribution in [3.05, 3.63) is 36.3 Å². The summed E-state index contributed by atoms with van der Waals surface area (Å²) < 4.78 is 18.8. The van der Waals surface area contributed by atoms with E-state index in [0.29, 0.717) is 29.5 Å². The second-order valence-corrected chi connectivity index (χ2v) is 4.73. The van der Waals surface area contributed by atoms with Gasteiger partial charge in [0, 0.05) is 5.39 Å². The van der Waals surface area contributed by atoms with Crippen molar-refractivity contribution in [1.29, 1.82) is 0 Å². The predicted molar refractivity (Wildman–Crippen MR) is 66.5 cm³/mol. The predicted octanol–water partition coefficient (Wildman–Crippen LogP) is 2.62. The van der Waals surface area contributed by atoms with Gasteiger partial charge in [-0.05, 0) is 25.0 Å². The number of carbonyl (C=O) groups is 1. The maximum absolute atomic E-state index is 13.1. The number of rotatable bonds is 3. The SMILES string of the molecule is O=C(O)[C@H]1C[C@H](Oc2cccc3cc(F)cnc23)C1. The van der Waals surface area contributed by atoms with Crippen LogP contribution < -0.4 is 4.74 Å². The Morgan fingerprint density at radius 3 is 2.95 bits per heavy atom. The number of hydrogen-bond donors (Lipinski definition) is 1. The zero-order valence-electron chi connectivity index (χ0n) is 10.0. The number of aliphatic carboxylic acids is 1. The fraction of sp³-hybridized carbons (Fsp3) is 0.286. The molecule has 0 bridgehead atoms. The van der Waals surface area contributed by atoms with E-state index < -0.39 is 5.97 Å². The minimum absolute atomic E-state index is 0.0986. The van der Waals surface area contributed by atoms with E-state index >= 15 is 0 Å². The number of aromatic nitrogens is 1. The fourth-order valence-electron chi connectivity index (χ4n) is 2.24. The Morgan fingerprint density at radius 2 is 2.21 bits per heavy atom. The molecule has 1 aliphatic rings. The average Bonchev–Trinajstić information content (AvgIpc) is 2.32. The molecule has 0 unspecified atom stereocenters. The van der Waals surface area contributed by atoms with Crippen molar-refractivity contribution in [2.24, 2.45) is 5.92 Å². The summed E-state index contributed by atoms with van der Waals surface area (Å²) in [5, 5.41) is 9.48. The number of nitrogens with zero attached hydrogens (tertiary/aromatic N) is 1. The van der Waals surface area contributed by atoms with E-state index in [1.165, 1.54) is 6.07 Å². The van der Waals surface area contributed by atoms with Crippen molar-refractivity contribution >= 4 is 16.9 Å². The molecular formula is C14H12FNO3. The molecule has 3 rings (SSSR count). The molecule has 0 spiro atoms. The van der Waals surface area contributed by atoms with Gasteiger partial charge in [-0.1, -0.05) is 12.1 Å². The number of benzene rings is 1. The van der Waals surface area contributed by atoms with Gasteiger partial charge in [0.25, 0.3) is 0 Å². The molecule has 1 N–H and O–H groups in total. The van der Waals surface area contributed by atoms with Crippen LogP contribution in [0.3, 0.4) is 0 Å². The summed E-state index contributed by atoms with van der Waals surface area (Å²) in [6.45, 7) is 0. The number of fused-ring (bicyclic) bond motifs is 1. The van der Waals surface area contributed by atoms with E-state index in [9.17, 15) is 9.18 Å². The lowest BCUT2D eigenvalue weighted by Crippen LogP contribution is -2.38. The minimum Gasteiger partial charge on any atom is -0.488 e. The third kappa shape index (κ3) is 2.23. The van der Waals surface area contributed by atoms with Crippen molar-refractivity contribution in [3.63, 3.8) is 0 Å². The minimum atomic E-state index is -0.780. The molecule has 0 radical (unpaired) electrons. The molecular weight excluding hydrogens is 249 g/mol. The second kappa shape index (κ2) is 4.50. The number of carboxylic acids is 1. The number of hydrogen-bond acceptors (Lipinski definition) is 3. The van der Waals surface area contributed by atoms with Crippen LogP contribution in [-0.2, 0) is 4.79 Å². The number of halogens is 1. The molecule has 98 valence electrons. The summed E-state index contributed by atoms with van der Waals surface area (Å²) in [6.07, 6.45) is 2.06. The summed E-state index contributed by atoms with van der Waals surface area (Å²) in [5.74, 6) is -0.908. The van der Waals surface area contributed by atoms with Crippen molar-refractivity contribution in [3.8, 4) is 5.75 Å². The first kappa shape index (κ1) is 11.9. The van der Waals surface area contributed by atoms with Crippen molar-refractivity contribution in [2.45, 2.75) is 18.9 Å². The summed E-state index contributed by atoms with van der Waals surface area (Å²) in [7, 11) is 0. The highest BCUT2D eigenvalue weighted by atomic mass is 19.1. The molecule has 1 aromatic heterocycles. The van der Waals surface area contributed by atoms with Crippen LogP contribution in [0.25, 0.3) is 10.9 Å². The molecule has 19 heavy (non-hydrogen) atoms. The third-order valence-corrected chi connectivity index (χ3v) is 3.38. The summed E-state index contributed by atoms with van der Waals surface area (Å²) in [4.78, 5) is 14.7. The number of pyridine rings is 1. The molecule has 2 aromatic rings. The maximum atomic E-state index is 13.1. The molecule has 1 fully saturated rings. The fourth-order valence-corrected chi connectivity index (χ4v) is 2.24. The molecule has 0 atom stereocenters. The van der Waals surface area contributed by atoms with E-state index in [2.05, 4.69) is 4.98 Å². The number of carboxylic acid groups (broad SMARTS) is 1. The average molecular weight is 261 g/mol. The van der Waals surface area contributed by atoms with E-state index in [1.54, 1.807) is 18.2 Å². The quantitative estimate of drug-likeness (QED) is 0.922. The van der Waals surface area contributed by atoms with Gasteiger partial charge in [0.2, 0.25) is 0 Å². The number of ether oxygens (including phenoxy) is 1. The first-order chi connectivity index (χ1) is 9.13. The van der Waals surface area contributed by atoms with Crippen LogP contribution >= 0.6 is 0 Å². The van der Waals surface area contributed by atoms with Gasteiger partial charge in [-0.3, -0.25) is 4.79 Å². The molecule has 5 heteroatoms. The van der Waals surface area contributed by atoms with Crippen LogP contribution in [0.5, 0.6) is 5.75 Å². The first-order valence-electron chi connectivity index (χ1n) is 6.07. The Labute approximate surface area is 108 Å². The van der Waals surface area contributed by atoms with Gasteiger partial charge in [0.1, 0.15) is 23.2 Å². The smallest absolute Gasteiger partial charge is 0.306 e. The van der Waals surface area contributed by atoms with Gasteiger partial charge in [-0.2, -0.15) is 0 Å². The Balaban J connectivity index is 1.80. The van der Waals surface area contributed by atoms with Crippen LogP contribution in [0.4, 0.5) is 4.39 Å². The number of para-hydroxylation sites is 1. The van der Waals surface area contributed by atoms with Crippen molar-refractivity contribution < 1.29 is 19.0 Å². The second-order valence-electron chi connectivity index (χ2n) is 4.73. The first-order valence-corrected chi connectivity index (χ1v) is 6.07. The third-order valence-electron chi connectivity index (χ3n) is 3.38. The molecule has 0 saturated heterocycles. The summed E-state index contributed by atoms with van der Waals surface area (Å²) >= 11 is 0. The Hall–Kier alpha value is -2.17. The van der Waals surface area contributed by atoms with Gasteiger partial charge >= 0.3 is 5.97 Å². The van der Waals surface area contributed by atoms with Crippen LogP contribution in [0.1, 0.15) is 12.8 Å². The van der Waals surface area contributed by atoms with E-state index in [1.807, 2.05) is 0 Å². The lowest BCUT2D eigenvalue weighted by atomic mass is 9.82. The highest BCUT2D eigenvalue weighted by Crippen LogP contribution is 2.33. The lowest BCUT2D eigenvalue weighted by molar-refractivity contribution is -0.147. The Bertz CT molecular complexity index is 638. The van der Waals surface area contributed by atoms with Crippen molar-refractivity contribution in [2.75, 3.05) is 0 Å². The van der Waals surface area contributed by atoms with Crippen LogP contribution in [0.15, 0.2) is 30.5 Å². The van der Waals surface area contributed by atoms with Gasteiger partial charge in [-0.25, -0.2) is 9.37 Å². The molecule has 0 amide bonds. The zero-order valence-corrected chi connectivity index (χ0v) is 10.0. The maximum Gasteiger partial charge on any atom is 0.306 e. The molecule has 4 nitrogen and oxygen atoms in total. The summed E-state index contributed by atoms with van der Waals surface area (Å²) in [5.41, 5.74) is 0.600. The Morgan fingerprint density at radius 1 is 1.42 bits per heavy atom. The molecule has 0 aliphatic heterocycles. The monoisotopic (exact) mass is 261 g/mol. The van der Waals surface area contributed by atoms with Crippen LogP contribution in [-0.4, -0.2) is 22.2 Å². The Kier molecular flexibility index (Phi) is 2.81. The topological polar surface area (TPSA) is 59.4 Å². The molecule has 1 heterocycles. The highest BCUT2D eigenvalue weighted by molar-refractivity contribution is 5.84. The van der Waals surface area contributed by atoms with E-state index in [-0.39, 0.29) is 17.8 Å². The van der Waals surface area contributed by atoms with Crippen molar-refractivity contribution in [1.82, 2.24) is 4.98 Å². The van der Waals surface area contributed by atoms with Gasteiger partial charge in [0.05, 0.1) is 12.1 Å². The largest absolute Gasteiger partial charge is 0.488 e. The highest BCUT2D eigenvalue weighted by Gasteiger charge is 2.36. The van der Waals surface area contributed by atoms with Gasteiger partial charge in [-0.15, -0.1) is 0 Å². The standard InChI is InChI=1S/C14H12FNO3/c15-10-4-8-2-1-3-12(13(8)16-7-10)19-11-5-9(6-11)14(17)18/h1-4,7,9,11H,5-6H2,(H,17,18)/t9-,11-. The van der Waals surface area contributed by atoms with Gasteiger partial charge in [0.15, 0.2) is 0 Å². The van der Waals surface area contributed by atoms with E-state index in [4.69, 9.17) is 9.84 Å². The zero-order chi connectivity index (χ0) is 13.4. The summed E-state index contributed by atoms with van der Waals surface area (Å²) in [6, 6.07) is 6.70.